The number of benzene rings is 1. The van der Waals surface area contributed by atoms with Gasteiger partial charge in [-0.15, -0.1) is 0 Å². The fourth-order valence-electron chi connectivity index (χ4n) is 2.84. The predicted octanol–water partition coefficient (Wildman–Crippen LogP) is 1.77. The molecule has 2 N–H and O–H groups in total. The Balaban J connectivity index is 1.96. The van der Waals surface area contributed by atoms with Crippen molar-refractivity contribution >= 4 is 32.9 Å². The van der Waals surface area contributed by atoms with Gasteiger partial charge in [-0.2, -0.15) is 0 Å². The molecule has 0 spiro atoms. The van der Waals surface area contributed by atoms with E-state index >= 15 is 0 Å². The van der Waals surface area contributed by atoms with Crippen LogP contribution in [0.2, 0.25) is 0 Å². The number of fused-ring (bicyclic) bond motifs is 1. The molecule has 0 amide bonds. The highest BCUT2D eigenvalue weighted by Gasteiger charge is 2.24. The third-order valence-corrected chi connectivity index (χ3v) is 4.80. The van der Waals surface area contributed by atoms with Crippen molar-refractivity contribution in [2.75, 3.05) is 39.5 Å². The quantitative estimate of drug-likeness (QED) is 0.891. The lowest BCUT2D eigenvalue weighted by Gasteiger charge is -2.38. The standard InChI is InChI=1S/C14H19BrFN5/c1-19-3-4-20(2)9(7-19)8-21-13-6-11(16)10(15)5-12(13)18-14(21)17/h5-6,9H,3-4,7-8H2,1-2H3,(H2,17,18). The Kier molecular flexibility index (Phi) is 3.90. The maximum Gasteiger partial charge on any atom is 0.201 e. The minimum absolute atomic E-state index is 0.294. The van der Waals surface area contributed by atoms with E-state index in [2.05, 4.69) is 44.8 Å². The zero-order valence-electron chi connectivity index (χ0n) is 12.2. The number of anilines is 1. The number of hydrogen-bond donors (Lipinski definition) is 1. The number of nitrogen functional groups attached to an aromatic ring is 1. The van der Waals surface area contributed by atoms with Crippen LogP contribution in [0.5, 0.6) is 0 Å². The van der Waals surface area contributed by atoms with E-state index in [-0.39, 0.29) is 5.82 Å². The van der Waals surface area contributed by atoms with Crippen LogP contribution < -0.4 is 5.73 Å². The number of piperazine rings is 1. The number of rotatable bonds is 2. The summed E-state index contributed by atoms with van der Waals surface area (Å²) in [5, 5.41) is 0. The van der Waals surface area contributed by atoms with E-state index in [9.17, 15) is 4.39 Å². The van der Waals surface area contributed by atoms with Crippen molar-refractivity contribution < 1.29 is 4.39 Å². The van der Waals surface area contributed by atoms with E-state index in [4.69, 9.17) is 5.73 Å². The van der Waals surface area contributed by atoms with Gasteiger partial charge >= 0.3 is 0 Å². The van der Waals surface area contributed by atoms with Crippen LogP contribution in [0.25, 0.3) is 11.0 Å². The van der Waals surface area contributed by atoms with Gasteiger partial charge in [0.25, 0.3) is 0 Å². The number of halogens is 2. The van der Waals surface area contributed by atoms with Crippen LogP contribution in [0.3, 0.4) is 0 Å². The molecule has 1 aliphatic heterocycles. The van der Waals surface area contributed by atoms with E-state index < -0.39 is 0 Å². The van der Waals surface area contributed by atoms with Gasteiger partial charge in [0.05, 0.1) is 15.5 Å². The number of imidazole rings is 1. The van der Waals surface area contributed by atoms with Gasteiger partial charge in [-0.25, -0.2) is 9.37 Å². The van der Waals surface area contributed by atoms with Crippen molar-refractivity contribution in [2.24, 2.45) is 0 Å². The second-order valence-electron chi connectivity index (χ2n) is 5.73. The maximum atomic E-state index is 13.8. The zero-order chi connectivity index (χ0) is 15.1. The monoisotopic (exact) mass is 355 g/mol. The Morgan fingerprint density at radius 2 is 2.14 bits per heavy atom. The van der Waals surface area contributed by atoms with Crippen LogP contribution in [0, 0.1) is 5.82 Å². The Morgan fingerprint density at radius 3 is 2.90 bits per heavy atom. The molecule has 2 heterocycles. The topological polar surface area (TPSA) is 50.3 Å². The van der Waals surface area contributed by atoms with Gasteiger partial charge in [-0.1, -0.05) is 0 Å². The van der Waals surface area contributed by atoms with Crippen molar-refractivity contribution in [1.29, 1.82) is 0 Å². The average molecular weight is 356 g/mol. The van der Waals surface area contributed by atoms with Gasteiger partial charge in [0.2, 0.25) is 5.95 Å². The first kappa shape index (κ1) is 14.7. The van der Waals surface area contributed by atoms with Crippen molar-refractivity contribution in [3.63, 3.8) is 0 Å². The zero-order valence-corrected chi connectivity index (χ0v) is 13.8. The molecule has 0 aliphatic carbocycles. The van der Waals surface area contributed by atoms with Crippen LogP contribution in [0.4, 0.5) is 10.3 Å². The Labute approximate surface area is 131 Å². The predicted molar refractivity (Wildman–Crippen MR) is 85.7 cm³/mol. The molecule has 114 valence electrons. The summed E-state index contributed by atoms with van der Waals surface area (Å²) in [7, 11) is 4.23. The highest BCUT2D eigenvalue weighted by atomic mass is 79.9. The average Bonchev–Trinajstić information content (AvgIpc) is 2.71. The molecule has 1 aromatic carbocycles. The summed E-state index contributed by atoms with van der Waals surface area (Å²) in [6.07, 6.45) is 0. The van der Waals surface area contributed by atoms with E-state index in [1.807, 2.05) is 4.57 Å². The Hall–Kier alpha value is -1.18. The van der Waals surface area contributed by atoms with Crippen molar-refractivity contribution in [3.05, 3.63) is 22.4 Å². The third-order valence-electron chi connectivity index (χ3n) is 4.19. The number of hydrogen-bond acceptors (Lipinski definition) is 4. The molecule has 2 aromatic rings. The van der Waals surface area contributed by atoms with Gasteiger partial charge in [-0.3, -0.25) is 4.90 Å². The van der Waals surface area contributed by atoms with Gasteiger partial charge in [0.1, 0.15) is 5.82 Å². The van der Waals surface area contributed by atoms with Gasteiger partial charge in [-0.05, 0) is 36.1 Å². The summed E-state index contributed by atoms with van der Waals surface area (Å²) in [5.41, 5.74) is 7.49. The molecule has 1 aromatic heterocycles. The van der Waals surface area contributed by atoms with E-state index in [0.717, 1.165) is 25.2 Å². The lowest BCUT2D eigenvalue weighted by Crippen LogP contribution is -2.51. The number of nitrogens with two attached hydrogens (primary N) is 1. The molecule has 5 nitrogen and oxygen atoms in total. The van der Waals surface area contributed by atoms with Crippen molar-refractivity contribution in [1.82, 2.24) is 19.4 Å². The lowest BCUT2D eigenvalue weighted by atomic mass is 10.2. The molecule has 0 saturated carbocycles. The normalized spacial score (nSPS) is 21.2. The summed E-state index contributed by atoms with van der Waals surface area (Å²) in [5.74, 6) is 0.141. The first-order valence-electron chi connectivity index (χ1n) is 6.95. The molecule has 1 fully saturated rings. The van der Waals surface area contributed by atoms with Crippen LogP contribution in [0.1, 0.15) is 0 Å². The second-order valence-corrected chi connectivity index (χ2v) is 6.59. The maximum absolute atomic E-state index is 13.8. The molecule has 7 heteroatoms. The summed E-state index contributed by atoms with van der Waals surface area (Å²) in [6.45, 7) is 3.77. The molecule has 21 heavy (non-hydrogen) atoms. The summed E-state index contributed by atoms with van der Waals surface area (Å²) in [4.78, 5) is 8.96. The fraction of sp³-hybridized carbons (Fsp3) is 0.500. The van der Waals surface area contributed by atoms with Crippen molar-refractivity contribution in [3.8, 4) is 0 Å². The van der Waals surface area contributed by atoms with Gasteiger partial charge < -0.3 is 15.2 Å². The SMILES string of the molecule is CN1CCN(C)C(Cn2c(N)nc3cc(Br)c(F)cc32)C1. The first-order valence-corrected chi connectivity index (χ1v) is 7.74. The number of aromatic nitrogens is 2. The van der Waals surface area contributed by atoms with Crippen LogP contribution in [-0.4, -0.2) is 59.1 Å². The molecule has 3 rings (SSSR count). The summed E-state index contributed by atoms with van der Waals surface area (Å²) < 4.78 is 16.1. The smallest absolute Gasteiger partial charge is 0.201 e. The Morgan fingerprint density at radius 1 is 1.38 bits per heavy atom. The highest BCUT2D eigenvalue weighted by Crippen LogP contribution is 2.26. The molecule has 1 saturated heterocycles. The van der Waals surface area contributed by atoms with Crippen LogP contribution in [0.15, 0.2) is 16.6 Å². The fourth-order valence-corrected chi connectivity index (χ4v) is 3.17. The Bertz CT molecular complexity index is 671. The van der Waals surface area contributed by atoms with Gasteiger partial charge in [0, 0.05) is 38.3 Å². The minimum atomic E-state index is -0.294. The molecule has 1 atom stereocenters. The molecule has 0 bridgehead atoms. The molecule has 1 unspecified atom stereocenters. The molecule has 0 radical (unpaired) electrons. The highest BCUT2D eigenvalue weighted by molar-refractivity contribution is 9.10. The summed E-state index contributed by atoms with van der Waals surface area (Å²) in [6, 6.07) is 3.51. The van der Waals surface area contributed by atoms with Gasteiger partial charge in [0.15, 0.2) is 0 Å². The first-order chi connectivity index (χ1) is 9.95. The summed E-state index contributed by atoms with van der Waals surface area (Å²) >= 11 is 3.19. The third kappa shape index (κ3) is 2.77. The molecular formula is C14H19BrFN5. The number of likely N-dealkylation sites (N-methyl/N-ethyl adjacent to an activating group) is 2. The molecular weight excluding hydrogens is 337 g/mol. The second kappa shape index (κ2) is 5.55. The van der Waals surface area contributed by atoms with E-state index in [1.165, 1.54) is 6.07 Å². The largest absolute Gasteiger partial charge is 0.369 e. The van der Waals surface area contributed by atoms with Crippen molar-refractivity contribution in [2.45, 2.75) is 12.6 Å². The lowest BCUT2D eigenvalue weighted by molar-refractivity contribution is 0.104. The molecule has 1 aliphatic rings. The minimum Gasteiger partial charge on any atom is -0.369 e. The van der Waals surface area contributed by atoms with Crippen LogP contribution >= 0.6 is 15.9 Å². The number of nitrogens with zero attached hydrogens (tertiary/aromatic N) is 4. The van der Waals surface area contributed by atoms with Crippen LogP contribution in [-0.2, 0) is 6.54 Å². The van der Waals surface area contributed by atoms with E-state index in [1.54, 1.807) is 6.07 Å². The van der Waals surface area contributed by atoms with E-state index in [0.29, 0.717) is 28.5 Å².